The first kappa shape index (κ1) is 24.4. The predicted octanol–water partition coefficient (Wildman–Crippen LogP) is 4.11. The molecule has 12 heteroatoms. The lowest BCUT2D eigenvalue weighted by molar-refractivity contribution is -0.137. The Kier molecular flexibility index (Phi) is 6.48. The zero-order valence-electron chi connectivity index (χ0n) is 20.5. The minimum absolute atomic E-state index is 0.111. The molecule has 0 saturated carbocycles. The molecule has 6 rings (SSSR count). The van der Waals surface area contributed by atoms with Crippen molar-refractivity contribution in [3.63, 3.8) is 0 Å². The summed E-state index contributed by atoms with van der Waals surface area (Å²) >= 11 is 0. The van der Waals surface area contributed by atoms with Crippen LogP contribution in [0.4, 0.5) is 25.1 Å². The van der Waals surface area contributed by atoms with E-state index >= 15 is 0 Å². The van der Waals surface area contributed by atoms with Gasteiger partial charge in [-0.05, 0) is 36.4 Å². The van der Waals surface area contributed by atoms with E-state index in [2.05, 4.69) is 14.8 Å². The molecule has 0 unspecified atom stereocenters. The molecule has 4 heterocycles. The summed E-state index contributed by atoms with van der Waals surface area (Å²) in [5, 5.41) is 0. The second kappa shape index (κ2) is 10.1. The number of fused-ring (bicyclic) bond motifs is 1. The number of imidazole rings is 1. The smallest absolute Gasteiger partial charge is 0.416 e. The topological polar surface area (TPSA) is 81.4 Å². The van der Waals surface area contributed by atoms with Crippen molar-refractivity contribution in [3.05, 3.63) is 60.4 Å². The van der Waals surface area contributed by atoms with E-state index in [-0.39, 0.29) is 6.10 Å². The van der Waals surface area contributed by atoms with Gasteiger partial charge in [0.1, 0.15) is 18.2 Å². The lowest BCUT2D eigenvalue weighted by atomic mass is 10.1. The molecule has 0 radical (unpaired) electrons. The van der Waals surface area contributed by atoms with Crippen LogP contribution in [0, 0.1) is 0 Å². The number of benzene rings is 2. The normalized spacial score (nSPS) is 17.2. The molecule has 0 bridgehead atoms. The van der Waals surface area contributed by atoms with Gasteiger partial charge in [-0.15, -0.1) is 0 Å². The van der Waals surface area contributed by atoms with Crippen molar-refractivity contribution in [2.24, 2.45) is 0 Å². The number of piperidine rings is 1. The van der Waals surface area contributed by atoms with E-state index in [0.29, 0.717) is 75.8 Å². The molecule has 4 aromatic rings. The maximum atomic E-state index is 12.8. The molecule has 2 aromatic heterocycles. The Morgan fingerprint density at radius 3 is 2.11 bits per heavy atom. The average molecular weight is 526 g/mol. The summed E-state index contributed by atoms with van der Waals surface area (Å²) in [5.41, 5.74) is 1.07. The molecule has 198 valence electrons. The van der Waals surface area contributed by atoms with Gasteiger partial charge in [0, 0.05) is 39.0 Å². The number of anilines is 2. The number of alkyl halides is 3. The van der Waals surface area contributed by atoms with Crippen LogP contribution in [0.5, 0.6) is 5.75 Å². The van der Waals surface area contributed by atoms with Gasteiger partial charge in [-0.3, -0.25) is 4.57 Å². The van der Waals surface area contributed by atoms with Crippen molar-refractivity contribution in [2.45, 2.75) is 25.1 Å². The maximum Gasteiger partial charge on any atom is 0.416 e. The second-order valence-electron chi connectivity index (χ2n) is 9.26. The molecule has 0 aliphatic carbocycles. The molecule has 0 N–H and O–H groups in total. The number of nitrogens with zero attached hydrogens (tertiary/aromatic N) is 7. The third-order valence-corrected chi connectivity index (χ3v) is 6.77. The highest BCUT2D eigenvalue weighted by molar-refractivity contribution is 5.76. The number of rotatable bonds is 5. The standard InChI is InChI=1S/C26H26F3N7O2/c27-26(28,29)18-5-7-19(8-6-18)38-20-9-11-34(12-10-20)23-31-24(35-13-15-37-16-14-35)33-25(32-23)36-17-30-21-3-1-2-4-22(21)36/h1-8,17,20H,9-16H2. The van der Waals surface area contributed by atoms with Crippen molar-refractivity contribution < 1.29 is 22.6 Å². The molecule has 9 nitrogen and oxygen atoms in total. The average Bonchev–Trinajstić information content (AvgIpc) is 3.38. The number of hydrogen-bond donors (Lipinski definition) is 0. The van der Waals surface area contributed by atoms with E-state index < -0.39 is 11.7 Å². The SMILES string of the molecule is FC(F)(F)c1ccc(OC2CCN(c3nc(N4CCOCC4)nc(-n4cnc5ccccc54)n3)CC2)cc1. The number of hydrogen-bond acceptors (Lipinski definition) is 8. The van der Waals surface area contributed by atoms with E-state index in [9.17, 15) is 13.2 Å². The van der Waals surface area contributed by atoms with Gasteiger partial charge in [-0.2, -0.15) is 28.1 Å². The first-order chi connectivity index (χ1) is 18.4. The number of morpholine rings is 1. The molecule has 0 amide bonds. The van der Waals surface area contributed by atoms with Crippen molar-refractivity contribution in [3.8, 4) is 11.7 Å². The molecule has 2 saturated heterocycles. The summed E-state index contributed by atoms with van der Waals surface area (Å²) in [7, 11) is 0. The summed E-state index contributed by atoms with van der Waals surface area (Å²) in [5.74, 6) is 2.09. The van der Waals surface area contributed by atoms with Crippen LogP contribution >= 0.6 is 0 Å². The van der Waals surface area contributed by atoms with Gasteiger partial charge in [0.05, 0.1) is 29.8 Å². The Morgan fingerprint density at radius 2 is 1.42 bits per heavy atom. The third kappa shape index (κ3) is 5.08. The molecule has 38 heavy (non-hydrogen) atoms. The van der Waals surface area contributed by atoms with Crippen LogP contribution in [0.15, 0.2) is 54.9 Å². The third-order valence-electron chi connectivity index (χ3n) is 6.77. The Morgan fingerprint density at radius 1 is 0.789 bits per heavy atom. The molecule has 2 aliphatic heterocycles. The summed E-state index contributed by atoms with van der Waals surface area (Å²) in [6.45, 7) is 3.88. The highest BCUT2D eigenvalue weighted by Crippen LogP contribution is 2.31. The van der Waals surface area contributed by atoms with Gasteiger partial charge in [-0.25, -0.2) is 4.98 Å². The largest absolute Gasteiger partial charge is 0.490 e. The Labute approximate surface area is 216 Å². The predicted molar refractivity (Wildman–Crippen MR) is 135 cm³/mol. The van der Waals surface area contributed by atoms with Crippen molar-refractivity contribution in [2.75, 3.05) is 49.2 Å². The van der Waals surface area contributed by atoms with Gasteiger partial charge in [0.15, 0.2) is 0 Å². The van der Waals surface area contributed by atoms with Crippen LogP contribution in [0.25, 0.3) is 17.0 Å². The zero-order valence-corrected chi connectivity index (χ0v) is 20.5. The lowest BCUT2D eigenvalue weighted by Gasteiger charge is -2.33. The molecular formula is C26H26F3N7O2. The molecule has 2 aromatic carbocycles. The minimum atomic E-state index is -4.36. The highest BCUT2D eigenvalue weighted by Gasteiger charge is 2.30. The first-order valence-electron chi connectivity index (χ1n) is 12.5. The van der Waals surface area contributed by atoms with Crippen LogP contribution in [0.2, 0.25) is 0 Å². The van der Waals surface area contributed by atoms with Crippen LogP contribution in [-0.2, 0) is 10.9 Å². The van der Waals surface area contributed by atoms with E-state index in [4.69, 9.17) is 24.4 Å². The fourth-order valence-electron chi connectivity index (χ4n) is 4.70. The monoisotopic (exact) mass is 525 g/mol. The van der Waals surface area contributed by atoms with Crippen LogP contribution in [0.3, 0.4) is 0 Å². The van der Waals surface area contributed by atoms with Crippen LogP contribution in [0.1, 0.15) is 18.4 Å². The van der Waals surface area contributed by atoms with E-state index in [1.165, 1.54) is 12.1 Å². The molecule has 0 atom stereocenters. The number of aromatic nitrogens is 5. The van der Waals surface area contributed by atoms with E-state index in [0.717, 1.165) is 23.2 Å². The minimum Gasteiger partial charge on any atom is -0.490 e. The molecule has 2 aliphatic rings. The van der Waals surface area contributed by atoms with Crippen LogP contribution in [-0.4, -0.2) is 70.0 Å². The van der Waals surface area contributed by atoms with E-state index in [1.54, 1.807) is 6.33 Å². The van der Waals surface area contributed by atoms with Gasteiger partial charge < -0.3 is 19.3 Å². The summed E-state index contributed by atoms with van der Waals surface area (Å²) < 4.78 is 51.9. The van der Waals surface area contributed by atoms with Gasteiger partial charge >= 0.3 is 6.18 Å². The van der Waals surface area contributed by atoms with Crippen molar-refractivity contribution in [1.29, 1.82) is 0 Å². The van der Waals surface area contributed by atoms with Crippen LogP contribution < -0.4 is 14.5 Å². The highest BCUT2D eigenvalue weighted by atomic mass is 19.4. The van der Waals surface area contributed by atoms with Crippen molar-refractivity contribution >= 4 is 22.9 Å². The number of para-hydroxylation sites is 2. The summed E-state index contributed by atoms with van der Waals surface area (Å²) in [6, 6.07) is 12.6. The number of ether oxygens (including phenoxy) is 2. The van der Waals surface area contributed by atoms with Crippen molar-refractivity contribution in [1.82, 2.24) is 24.5 Å². The molecular weight excluding hydrogens is 499 g/mol. The fourth-order valence-corrected chi connectivity index (χ4v) is 4.70. The Balaban J connectivity index is 1.21. The fraction of sp³-hybridized carbons (Fsp3) is 0.385. The Hall–Kier alpha value is -3.93. The van der Waals surface area contributed by atoms with E-state index in [1.807, 2.05) is 28.8 Å². The summed E-state index contributed by atoms with van der Waals surface area (Å²) in [6.07, 6.45) is -1.39. The van der Waals surface area contributed by atoms with Gasteiger partial charge in [0.25, 0.3) is 0 Å². The first-order valence-corrected chi connectivity index (χ1v) is 12.5. The Bertz CT molecular complexity index is 1400. The molecule has 2 fully saturated rings. The van der Waals surface area contributed by atoms with Gasteiger partial charge in [-0.1, -0.05) is 12.1 Å². The van der Waals surface area contributed by atoms with Gasteiger partial charge in [0.2, 0.25) is 17.8 Å². The maximum absolute atomic E-state index is 12.8. The number of halogens is 3. The molecule has 0 spiro atoms. The summed E-state index contributed by atoms with van der Waals surface area (Å²) in [4.78, 5) is 23.1. The lowest BCUT2D eigenvalue weighted by Crippen LogP contribution is -2.41. The zero-order chi connectivity index (χ0) is 26.1. The second-order valence-corrected chi connectivity index (χ2v) is 9.26. The quantitative estimate of drug-likeness (QED) is 0.385.